The van der Waals surface area contributed by atoms with Crippen molar-refractivity contribution in [2.45, 2.75) is 53.9 Å². The normalized spacial score (nSPS) is 15.2. The van der Waals surface area contributed by atoms with Crippen LogP contribution < -0.4 is 26.2 Å². The molecule has 0 spiro atoms. The van der Waals surface area contributed by atoms with Crippen LogP contribution in [0.5, 0.6) is 0 Å². The maximum absolute atomic E-state index is 9.90. The molecule has 0 unspecified atom stereocenters. The number of aromatic nitrogens is 4. The van der Waals surface area contributed by atoms with Gasteiger partial charge in [0.1, 0.15) is 22.3 Å². The number of para-hydroxylation sites is 6. The van der Waals surface area contributed by atoms with Crippen molar-refractivity contribution in [2.75, 3.05) is 9.80 Å². The summed E-state index contributed by atoms with van der Waals surface area (Å²) in [5.41, 5.74) is 18.7. The van der Waals surface area contributed by atoms with Crippen LogP contribution in [0.3, 0.4) is 0 Å². The average Bonchev–Trinajstić information content (AvgIpc) is 1.30. The van der Waals surface area contributed by atoms with Crippen LogP contribution in [0.15, 0.2) is 300 Å². The third kappa shape index (κ3) is 8.45. The fraction of sp³-hybridized carbons (Fsp3) is 0.0816. The first-order valence-electron chi connectivity index (χ1n) is 44.0. The molecule has 0 bridgehead atoms. The van der Waals surface area contributed by atoms with E-state index in [9.17, 15) is 16.4 Å². The van der Waals surface area contributed by atoms with Crippen molar-refractivity contribution in [3.63, 3.8) is 0 Å². The third-order valence-corrected chi connectivity index (χ3v) is 22.5. The molecule has 8 heterocycles. The zero-order valence-corrected chi connectivity index (χ0v) is 59.1. The van der Waals surface area contributed by atoms with Gasteiger partial charge in [0.2, 0.25) is 0 Å². The number of hydrogen-bond donors (Lipinski definition) is 0. The molecule has 23 rings (SSSR count). The topological polar surface area (TPSA) is 52.5 Å². The lowest BCUT2D eigenvalue weighted by Gasteiger charge is -2.45. The molecule has 0 fully saturated rings. The molecule has 0 atom stereocenters. The quantitative estimate of drug-likeness (QED) is 0.156. The summed E-state index contributed by atoms with van der Waals surface area (Å²) in [6, 6.07) is 58.4. The van der Waals surface area contributed by atoms with E-state index in [1.54, 1.807) is 9.13 Å². The Balaban J connectivity index is 0.907. The zero-order chi connectivity index (χ0) is 85.1. The molecule has 6 aromatic heterocycles. The highest BCUT2D eigenvalue weighted by Crippen LogP contribution is 2.53. The zero-order valence-electron chi connectivity index (χ0n) is 75.1. The molecule has 0 N–H and O–H groups in total. The van der Waals surface area contributed by atoms with Crippen LogP contribution in [0.4, 0.5) is 34.1 Å². The molecule has 9 heteroatoms. The summed E-state index contributed by atoms with van der Waals surface area (Å²) >= 11 is 0. The predicted molar refractivity (Wildman–Crippen MR) is 450 cm³/mol. The highest BCUT2D eigenvalue weighted by Gasteiger charge is 2.46. The monoisotopic (exact) mass is 1390 g/mol. The van der Waals surface area contributed by atoms with Crippen molar-refractivity contribution in [2.24, 2.45) is 0 Å². The largest absolute Gasteiger partial charge is 0.456 e. The van der Waals surface area contributed by atoms with Gasteiger partial charge in [-0.3, -0.25) is 0 Å². The van der Waals surface area contributed by atoms with Crippen LogP contribution in [0.1, 0.15) is 70.5 Å². The number of hydrogen-bond acceptors (Lipinski definition) is 4. The van der Waals surface area contributed by atoms with Gasteiger partial charge >= 0.3 is 0 Å². The Labute approximate surface area is 639 Å². The van der Waals surface area contributed by atoms with Gasteiger partial charge in [-0.2, -0.15) is 0 Å². The van der Waals surface area contributed by atoms with Crippen molar-refractivity contribution >= 4 is 188 Å². The second kappa shape index (κ2) is 21.7. The molecule has 0 saturated heterocycles. The van der Waals surface area contributed by atoms with Crippen LogP contribution in [-0.2, 0) is 5.41 Å². The van der Waals surface area contributed by atoms with E-state index in [2.05, 4.69) is 189 Å². The molecule has 107 heavy (non-hydrogen) atoms. The highest BCUT2D eigenvalue weighted by atomic mass is 16.3. The van der Waals surface area contributed by atoms with Crippen LogP contribution >= 0.6 is 0 Å². The fourth-order valence-corrected chi connectivity index (χ4v) is 17.9. The molecule has 0 aliphatic carbocycles. The molecule has 21 aromatic rings. The number of nitrogens with zero attached hydrogens (tertiary/aromatic N) is 6. The van der Waals surface area contributed by atoms with E-state index in [0.717, 1.165) is 155 Å². The lowest BCUT2D eigenvalue weighted by atomic mass is 9.33. The van der Waals surface area contributed by atoms with Gasteiger partial charge in [-0.25, -0.2) is 0 Å². The number of fused-ring (bicyclic) bond motifs is 22. The van der Waals surface area contributed by atoms with Gasteiger partial charge in [-0.05, 0) is 212 Å². The number of benzene rings is 15. The van der Waals surface area contributed by atoms with Crippen molar-refractivity contribution < 1.29 is 30.8 Å². The fourth-order valence-electron chi connectivity index (χ4n) is 17.9. The molecule has 8 nitrogen and oxygen atoms in total. The van der Waals surface area contributed by atoms with Crippen LogP contribution in [0, 0.1) is 27.7 Å². The van der Waals surface area contributed by atoms with Crippen LogP contribution in [-0.4, -0.2) is 25.0 Å². The molecule has 0 saturated carbocycles. The Morgan fingerprint density at radius 1 is 0.290 bits per heavy atom. The minimum absolute atomic E-state index is 0.0575. The van der Waals surface area contributed by atoms with E-state index in [4.69, 9.17) is 14.3 Å². The summed E-state index contributed by atoms with van der Waals surface area (Å²) in [6.07, 6.45) is 0. The number of anilines is 6. The second-order valence-corrected chi connectivity index (χ2v) is 30.0. The Kier molecular flexibility index (Phi) is 9.42. The first-order valence-corrected chi connectivity index (χ1v) is 36.0. The Morgan fingerprint density at radius 2 is 0.664 bits per heavy atom. The number of aryl methyl sites for hydroxylation is 4. The summed E-state index contributed by atoms with van der Waals surface area (Å²) in [7, 11) is 0. The summed E-state index contributed by atoms with van der Waals surface area (Å²) in [5, 5.41) is 7.31. The minimum Gasteiger partial charge on any atom is -0.456 e. The van der Waals surface area contributed by atoms with Gasteiger partial charge in [0.15, 0.2) is 0 Å². The van der Waals surface area contributed by atoms with Crippen molar-refractivity contribution in [1.29, 1.82) is 0 Å². The summed E-state index contributed by atoms with van der Waals surface area (Å²) < 4.78 is 173. The molecule has 506 valence electrons. The van der Waals surface area contributed by atoms with Crippen molar-refractivity contribution in [3.05, 3.63) is 319 Å². The summed E-state index contributed by atoms with van der Waals surface area (Å²) in [5.74, 6) is 0. The Bertz CT molecular complexity index is 7920. The third-order valence-electron chi connectivity index (χ3n) is 22.5. The van der Waals surface area contributed by atoms with Crippen molar-refractivity contribution in [1.82, 2.24) is 18.3 Å². The summed E-state index contributed by atoms with van der Waals surface area (Å²) in [6.45, 7) is 14.1. The van der Waals surface area contributed by atoms with Crippen molar-refractivity contribution in [3.8, 4) is 22.7 Å². The van der Waals surface area contributed by atoms with Gasteiger partial charge in [0.25, 0.3) is 6.71 Å². The van der Waals surface area contributed by atoms with Gasteiger partial charge in [-0.1, -0.05) is 165 Å². The van der Waals surface area contributed by atoms with E-state index in [-0.39, 0.29) is 43.6 Å². The first-order chi connectivity index (χ1) is 59.0. The van der Waals surface area contributed by atoms with Gasteiger partial charge in [0.05, 0.1) is 88.8 Å². The van der Waals surface area contributed by atoms with E-state index < -0.39 is 109 Å². The molecular formula is C98H69BN6O2. The SMILES string of the molecule is [2H]c1c([2H])c([2H])c2c(c1[2H])c1c([2H])c([2H])c([2H])c([2H])c1n2-c1ccc2c(c1)N(c1cc(C)cc3c4cc(C)ccc4n(-c4ccc5c(c4)oc4ccccc45)c13)c1cc(C(C)(C)C)cc3c1B2c1ccc(-n2c4c([2H])c([2H])c([2H])c([2H])c4c4c([2H])c([2H])c([2H])c([2H])c42)cc1N3c1cc(C)cc2c3cc(C)ccc3n(-c3ccc4c(c3)oc3ccccc34)c12. The molecule has 0 radical (unpaired) electrons. The lowest BCUT2D eigenvalue weighted by molar-refractivity contribution is 0.590. The Morgan fingerprint density at radius 3 is 1.08 bits per heavy atom. The lowest BCUT2D eigenvalue weighted by Crippen LogP contribution is -2.61. The van der Waals surface area contributed by atoms with Crippen LogP contribution in [0.2, 0.25) is 0 Å². The molecule has 2 aliphatic heterocycles. The van der Waals surface area contributed by atoms with E-state index in [0.29, 0.717) is 33.9 Å². The molecule has 15 aromatic carbocycles. The number of furan rings is 2. The maximum Gasteiger partial charge on any atom is 0.252 e. The van der Waals surface area contributed by atoms with E-state index in [1.807, 2.05) is 72.8 Å². The second-order valence-electron chi connectivity index (χ2n) is 30.0. The summed E-state index contributed by atoms with van der Waals surface area (Å²) in [4.78, 5) is 4.62. The molecule has 2 aliphatic rings. The van der Waals surface area contributed by atoms with Gasteiger partial charge < -0.3 is 36.9 Å². The molecule has 0 amide bonds. The standard InChI is InChI=1S/C98H69BN6O2/c1-56-32-42-83-73(44-56)75-46-58(3)48-89(96(75)102(83)63-34-38-71-69-24-12-18-30-91(69)106-93(71)54-63)104-85-52-61(100-79-26-14-8-20-65(79)66-21-9-15-27-80(66)100)36-40-77(85)99-78-41-37-62(101-81-28-16-10-22-67(81)68-23-11-17-29-82(68)101)53-86(78)105(88-51-60(98(5,6)7)50-87(104)95(88)99)90-49-59(4)47-76-74-45-57(2)33-43-84(74)103(97(76)90)64-35-39-72-70-25-13-19-31-92(70)107-94(72)55-64/h8-55H,1-7H3/i8D,9D,10D,11D,14D,15D,16D,17D,20D,21D,22D,23D,26D,27D,28D,29D. The smallest absolute Gasteiger partial charge is 0.252 e. The average molecular weight is 1390 g/mol. The van der Waals surface area contributed by atoms with E-state index in [1.165, 1.54) is 0 Å². The highest BCUT2D eigenvalue weighted by molar-refractivity contribution is 7.00. The number of rotatable bonds is 6. The molecular weight excluding hydrogens is 1300 g/mol. The maximum atomic E-state index is 9.90. The van der Waals surface area contributed by atoms with Gasteiger partial charge in [0, 0.05) is 111 Å². The first kappa shape index (κ1) is 46.5. The van der Waals surface area contributed by atoms with E-state index >= 15 is 0 Å². The van der Waals surface area contributed by atoms with Crippen LogP contribution in [0.25, 0.3) is 154 Å². The minimum atomic E-state index is -0.779. The predicted octanol–water partition coefficient (Wildman–Crippen LogP) is 24.5. The van der Waals surface area contributed by atoms with Gasteiger partial charge in [-0.15, -0.1) is 0 Å². The Hall–Kier alpha value is -13.2.